The van der Waals surface area contributed by atoms with Crippen molar-refractivity contribution in [2.75, 3.05) is 25.1 Å². The van der Waals surface area contributed by atoms with Crippen LogP contribution >= 0.6 is 47.1 Å². The number of aliphatic carboxylic acids is 3. The molecule has 1 aromatic heterocycles. The summed E-state index contributed by atoms with van der Waals surface area (Å²) >= 11 is 8.42. The van der Waals surface area contributed by atoms with Crippen molar-refractivity contribution in [2.24, 2.45) is 5.92 Å². The van der Waals surface area contributed by atoms with Crippen molar-refractivity contribution in [3.8, 4) is 5.75 Å². The summed E-state index contributed by atoms with van der Waals surface area (Å²) in [5.74, 6) is -3.78. The third kappa shape index (κ3) is 6.98. The highest BCUT2D eigenvalue weighted by Gasteiger charge is 2.36. The van der Waals surface area contributed by atoms with Crippen LogP contribution in [0.1, 0.15) is 26.7 Å². The van der Waals surface area contributed by atoms with Crippen LogP contribution in [0.15, 0.2) is 39.0 Å². The number of aromatic nitrogens is 1. The normalized spacial score (nSPS) is 17.6. The number of nitrogens with zero attached hydrogens (tertiary/aromatic N) is 3. The number of carboxylic acids is 3. The Morgan fingerprint density at radius 1 is 1.02 bits per heavy atom. The third-order valence-corrected chi connectivity index (χ3v) is 10.3. The number of ether oxygens (including phenoxy) is 1. The summed E-state index contributed by atoms with van der Waals surface area (Å²) in [6.45, 7) is 2.77. The van der Waals surface area contributed by atoms with Crippen molar-refractivity contribution in [3.63, 3.8) is 0 Å². The van der Waals surface area contributed by atoms with Crippen LogP contribution in [0.2, 0.25) is 0 Å². The van der Waals surface area contributed by atoms with Gasteiger partial charge in [-0.05, 0) is 36.1 Å². The number of carboxylic acid groups (broad SMARTS) is 3. The Balaban J connectivity index is 1.93. The van der Waals surface area contributed by atoms with Gasteiger partial charge in [-0.1, -0.05) is 49.6 Å². The summed E-state index contributed by atoms with van der Waals surface area (Å²) in [5, 5.41) is 28.7. The summed E-state index contributed by atoms with van der Waals surface area (Å²) in [6, 6.07) is 5.57. The van der Waals surface area contributed by atoms with Gasteiger partial charge in [0.05, 0.1) is 22.4 Å². The minimum Gasteiger partial charge on any atom is -0.497 e. The Bertz CT molecular complexity index is 1740. The molecule has 16 heteroatoms. The van der Waals surface area contributed by atoms with E-state index in [0.717, 1.165) is 48.2 Å². The standard InChI is InChI=1S/C27H27N3O9S4/c1-13(2)15(10-18-28(8-4-5-19(31)32)16-9-14(39-3)6-7-17(16)41-18)22-24(37)29(11-20(33)34)26(42-22)23-25(38)30(12-21(35)36)27(40)43-23/h6-7,9-10,13H,4-5,8,11-12H2,1-3H3,(H,31,32)(H,33,34)(H,35,36)/b18-10+,22-15+,26-23-. The van der Waals surface area contributed by atoms with Gasteiger partial charge in [0, 0.05) is 23.9 Å². The van der Waals surface area contributed by atoms with E-state index in [1.807, 2.05) is 43.0 Å². The molecule has 228 valence electrons. The van der Waals surface area contributed by atoms with Gasteiger partial charge in [-0.3, -0.25) is 33.4 Å². The van der Waals surface area contributed by atoms with E-state index < -0.39 is 42.5 Å². The molecule has 0 atom stereocenters. The lowest BCUT2D eigenvalue weighted by Crippen LogP contribution is -2.37. The van der Waals surface area contributed by atoms with Crippen molar-refractivity contribution in [3.05, 3.63) is 48.9 Å². The summed E-state index contributed by atoms with van der Waals surface area (Å²) in [7, 11) is 1.55. The van der Waals surface area contributed by atoms with Crippen molar-refractivity contribution in [2.45, 2.75) is 38.1 Å². The molecule has 2 aromatic rings. The van der Waals surface area contributed by atoms with E-state index >= 15 is 0 Å². The summed E-state index contributed by atoms with van der Waals surface area (Å²) in [6.07, 6.45) is 2.16. The number of carbonyl (C=O) groups is 4. The molecule has 0 bridgehead atoms. The van der Waals surface area contributed by atoms with Gasteiger partial charge in [-0.25, -0.2) is 0 Å². The number of hydrogen-bond acceptors (Lipinski definition) is 11. The average molecular weight is 666 g/mol. The fourth-order valence-electron chi connectivity index (χ4n) is 4.40. The zero-order valence-corrected chi connectivity index (χ0v) is 26.5. The zero-order chi connectivity index (χ0) is 31.6. The number of amides is 1. The first-order chi connectivity index (χ1) is 20.3. The van der Waals surface area contributed by atoms with Gasteiger partial charge in [-0.2, -0.15) is 0 Å². The highest BCUT2D eigenvalue weighted by molar-refractivity contribution is 8.30. The Hall–Kier alpha value is -3.60. The molecule has 0 spiro atoms. The molecule has 0 unspecified atom stereocenters. The topological polar surface area (TPSA) is 167 Å². The second-order valence-corrected chi connectivity index (χ2v) is 13.4. The van der Waals surface area contributed by atoms with E-state index in [1.165, 1.54) is 11.8 Å². The number of fused-ring (bicyclic) bond motifs is 1. The molecule has 1 saturated heterocycles. The van der Waals surface area contributed by atoms with Crippen molar-refractivity contribution >= 4 is 91.4 Å². The smallest absolute Gasteiger partial charge is 0.323 e. The fraction of sp³-hybridized carbons (Fsp3) is 0.333. The molecule has 3 heterocycles. The highest BCUT2D eigenvalue weighted by Crippen LogP contribution is 2.48. The molecular formula is C27H27N3O9S4. The highest BCUT2D eigenvalue weighted by atomic mass is 32.2. The van der Waals surface area contributed by atoms with Gasteiger partial charge < -0.3 is 25.0 Å². The molecule has 2 aliphatic heterocycles. The SMILES string of the molecule is COc1ccc2c(c1)N(CCCC(=O)O)/C(=C\C(=c1/s/c(=C3\SC(=S)N(CC(=O)O)C3=O)n(CC(=O)O)c1=O)C(C)C)S2. The van der Waals surface area contributed by atoms with Crippen LogP contribution in [0.4, 0.5) is 5.69 Å². The van der Waals surface area contributed by atoms with Gasteiger partial charge in [-0.15, -0.1) is 11.3 Å². The number of rotatable bonds is 11. The first-order valence-corrected chi connectivity index (χ1v) is 15.7. The Morgan fingerprint density at radius 3 is 2.33 bits per heavy atom. The van der Waals surface area contributed by atoms with E-state index in [4.69, 9.17) is 17.0 Å². The molecule has 3 N–H and O–H groups in total. The van der Waals surface area contributed by atoms with Crippen molar-refractivity contribution in [1.29, 1.82) is 0 Å². The average Bonchev–Trinajstić information content (AvgIpc) is 3.53. The molecule has 43 heavy (non-hydrogen) atoms. The minimum atomic E-state index is -1.29. The number of thiazole rings is 1. The van der Waals surface area contributed by atoms with Crippen LogP contribution < -0.4 is 24.4 Å². The molecule has 0 aliphatic carbocycles. The molecule has 12 nitrogen and oxygen atoms in total. The quantitative estimate of drug-likeness (QED) is 0.299. The van der Waals surface area contributed by atoms with Crippen LogP contribution in [0.3, 0.4) is 0 Å². The number of benzene rings is 1. The molecule has 1 amide bonds. The van der Waals surface area contributed by atoms with Gasteiger partial charge in [0.2, 0.25) is 0 Å². The number of allylic oxidation sites excluding steroid dienone is 1. The maximum Gasteiger partial charge on any atom is 0.323 e. The van der Waals surface area contributed by atoms with Crippen LogP contribution in [-0.4, -0.2) is 73.1 Å². The van der Waals surface area contributed by atoms with Crippen LogP contribution in [0.25, 0.3) is 10.5 Å². The zero-order valence-electron chi connectivity index (χ0n) is 23.2. The van der Waals surface area contributed by atoms with E-state index in [2.05, 4.69) is 0 Å². The molecule has 2 aliphatic rings. The molecule has 1 fully saturated rings. The van der Waals surface area contributed by atoms with Crippen LogP contribution in [-0.2, 0) is 25.7 Å². The maximum absolute atomic E-state index is 13.8. The summed E-state index contributed by atoms with van der Waals surface area (Å²) in [5.41, 5.74) is 0.813. The van der Waals surface area contributed by atoms with Gasteiger partial charge in [0.15, 0.2) is 0 Å². The van der Waals surface area contributed by atoms with E-state index in [0.29, 0.717) is 24.3 Å². The van der Waals surface area contributed by atoms with Gasteiger partial charge in [0.1, 0.15) is 32.7 Å². The lowest BCUT2D eigenvalue weighted by Gasteiger charge is -2.21. The second-order valence-electron chi connectivity index (χ2n) is 9.68. The van der Waals surface area contributed by atoms with Crippen molar-refractivity contribution < 1.29 is 39.2 Å². The Labute approximate surface area is 262 Å². The molecule has 1 aromatic carbocycles. The first-order valence-electron chi connectivity index (χ1n) is 12.8. The molecule has 4 rings (SSSR count). The first kappa shape index (κ1) is 32.3. The Morgan fingerprint density at radius 2 is 1.72 bits per heavy atom. The van der Waals surface area contributed by atoms with Crippen LogP contribution in [0.5, 0.6) is 5.75 Å². The molecular weight excluding hydrogens is 639 g/mol. The van der Waals surface area contributed by atoms with E-state index in [1.54, 1.807) is 7.11 Å². The van der Waals surface area contributed by atoms with Gasteiger partial charge in [0.25, 0.3) is 11.5 Å². The fourth-order valence-corrected chi connectivity index (χ4v) is 8.24. The van der Waals surface area contributed by atoms with Crippen LogP contribution in [0, 0.1) is 5.92 Å². The number of hydrogen-bond donors (Lipinski definition) is 3. The maximum atomic E-state index is 13.8. The lowest BCUT2D eigenvalue weighted by atomic mass is 10.0. The summed E-state index contributed by atoms with van der Waals surface area (Å²) in [4.78, 5) is 64.9. The number of thioether (sulfide) groups is 2. The minimum absolute atomic E-state index is 0.00518. The number of anilines is 1. The van der Waals surface area contributed by atoms with E-state index in [9.17, 15) is 39.3 Å². The lowest BCUT2D eigenvalue weighted by molar-refractivity contribution is -0.140. The van der Waals surface area contributed by atoms with E-state index in [-0.39, 0.29) is 30.8 Å². The molecule has 0 radical (unpaired) electrons. The number of carbonyl (C=O) groups excluding carboxylic acids is 1. The predicted octanol–water partition coefficient (Wildman–Crippen LogP) is 2.18. The second kappa shape index (κ2) is 13.4. The third-order valence-electron chi connectivity index (χ3n) is 6.39. The summed E-state index contributed by atoms with van der Waals surface area (Å²) < 4.78 is 6.69. The predicted molar refractivity (Wildman–Crippen MR) is 168 cm³/mol. The van der Waals surface area contributed by atoms with Crippen molar-refractivity contribution in [1.82, 2.24) is 9.47 Å². The number of thiocarbonyl (C=S) groups is 1. The monoisotopic (exact) mass is 665 g/mol. The Kier molecular flexibility index (Phi) is 10.0. The largest absolute Gasteiger partial charge is 0.497 e. The molecule has 0 saturated carbocycles. The number of methoxy groups -OCH3 is 1. The van der Waals surface area contributed by atoms with Gasteiger partial charge >= 0.3 is 17.9 Å².